The molecule has 0 spiro atoms. The third-order valence-electron chi connectivity index (χ3n) is 1.55. The van der Waals surface area contributed by atoms with Gasteiger partial charge in [-0.25, -0.2) is 4.98 Å². The van der Waals surface area contributed by atoms with Crippen molar-refractivity contribution < 1.29 is 10.0 Å². The van der Waals surface area contributed by atoms with Crippen molar-refractivity contribution in [1.82, 2.24) is 4.98 Å². The maximum Gasteiger partial charge on any atom is 0.311 e. The first kappa shape index (κ1) is 10.4. The number of hydrogen-bond donors (Lipinski definition) is 2. The van der Waals surface area contributed by atoms with Gasteiger partial charge in [0.1, 0.15) is 0 Å². The predicted molar refractivity (Wildman–Crippen MR) is 51.1 cm³/mol. The van der Waals surface area contributed by atoms with Gasteiger partial charge in [0.15, 0.2) is 0 Å². The first-order valence-corrected chi connectivity index (χ1v) is 4.12. The van der Waals surface area contributed by atoms with Crippen molar-refractivity contribution in [2.75, 3.05) is 11.9 Å². The zero-order valence-corrected chi connectivity index (χ0v) is 7.67. The number of aromatic nitrogens is 1. The molecule has 0 radical (unpaired) electrons. The average Bonchev–Trinajstić information content (AvgIpc) is 2.15. The molecule has 1 rings (SSSR count). The normalized spacial score (nSPS) is 12.1. The largest absolute Gasteiger partial charge is 0.392 e. The molecule has 0 saturated heterocycles. The molecule has 6 nitrogen and oxygen atoms in total. The highest BCUT2D eigenvalue weighted by Gasteiger charge is 2.13. The molecule has 0 unspecified atom stereocenters. The zero-order chi connectivity index (χ0) is 10.6. The molecule has 0 bridgehead atoms. The molecule has 0 aromatic carbocycles. The van der Waals surface area contributed by atoms with Crippen LogP contribution in [0.4, 0.5) is 11.5 Å². The molecule has 1 heterocycles. The van der Waals surface area contributed by atoms with E-state index in [1.165, 1.54) is 18.3 Å². The van der Waals surface area contributed by atoms with E-state index in [2.05, 4.69) is 10.3 Å². The van der Waals surface area contributed by atoms with Crippen molar-refractivity contribution >= 4 is 11.5 Å². The van der Waals surface area contributed by atoms with E-state index in [1.54, 1.807) is 6.92 Å². The molecule has 76 valence electrons. The van der Waals surface area contributed by atoms with E-state index >= 15 is 0 Å². The highest BCUT2D eigenvalue weighted by Crippen LogP contribution is 2.19. The van der Waals surface area contributed by atoms with Gasteiger partial charge in [0.05, 0.1) is 11.0 Å². The summed E-state index contributed by atoms with van der Waals surface area (Å²) in [5.41, 5.74) is -0.0897. The number of pyridine rings is 1. The van der Waals surface area contributed by atoms with Gasteiger partial charge in [-0.1, -0.05) is 0 Å². The molecule has 0 fully saturated rings. The lowest BCUT2D eigenvalue weighted by atomic mass is 10.3. The number of hydrogen-bond acceptors (Lipinski definition) is 5. The number of anilines is 1. The van der Waals surface area contributed by atoms with Crippen LogP contribution in [0.5, 0.6) is 0 Å². The second-order valence-electron chi connectivity index (χ2n) is 2.86. The Morgan fingerprint density at radius 3 is 3.07 bits per heavy atom. The summed E-state index contributed by atoms with van der Waals surface area (Å²) in [7, 11) is 0. The van der Waals surface area contributed by atoms with E-state index in [0.29, 0.717) is 0 Å². The fraction of sp³-hybridized carbons (Fsp3) is 0.375. The summed E-state index contributed by atoms with van der Waals surface area (Å²) in [6.45, 7) is 1.82. The van der Waals surface area contributed by atoms with Gasteiger partial charge in [0, 0.05) is 18.8 Å². The van der Waals surface area contributed by atoms with Crippen LogP contribution in [0.3, 0.4) is 0 Å². The summed E-state index contributed by atoms with van der Waals surface area (Å²) in [5, 5.41) is 22.2. The third kappa shape index (κ3) is 2.67. The molecule has 0 aliphatic rings. The monoisotopic (exact) mass is 197 g/mol. The van der Waals surface area contributed by atoms with Gasteiger partial charge in [-0.3, -0.25) is 10.1 Å². The molecule has 14 heavy (non-hydrogen) atoms. The van der Waals surface area contributed by atoms with Crippen LogP contribution in [-0.2, 0) is 0 Å². The van der Waals surface area contributed by atoms with Gasteiger partial charge < -0.3 is 10.4 Å². The average molecular weight is 197 g/mol. The fourth-order valence-corrected chi connectivity index (χ4v) is 0.925. The van der Waals surface area contributed by atoms with Crippen LogP contribution in [0, 0.1) is 10.1 Å². The fourth-order valence-electron chi connectivity index (χ4n) is 0.925. The van der Waals surface area contributed by atoms with Gasteiger partial charge in [-0.2, -0.15) is 0 Å². The van der Waals surface area contributed by atoms with E-state index < -0.39 is 11.0 Å². The smallest absolute Gasteiger partial charge is 0.311 e. The Labute approximate surface area is 80.7 Å². The van der Waals surface area contributed by atoms with Crippen molar-refractivity contribution in [3.63, 3.8) is 0 Å². The third-order valence-corrected chi connectivity index (χ3v) is 1.55. The molecule has 0 aliphatic carbocycles. The molecule has 6 heteroatoms. The number of aliphatic hydroxyl groups excluding tert-OH is 1. The number of rotatable bonds is 4. The summed E-state index contributed by atoms with van der Waals surface area (Å²) in [4.78, 5) is 13.8. The van der Waals surface area contributed by atoms with Gasteiger partial charge in [-0.15, -0.1) is 0 Å². The van der Waals surface area contributed by atoms with E-state index in [1.807, 2.05) is 0 Å². The molecule has 0 saturated carbocycles. The van der Waals surface area contributed by atoms with Gasteiger partial charge >= 0.3 is 5.69 Å². The van der Waals surface area contributed by atoms with Crippen molar-refractivity contribution in [3.05, 3.63) is 28.4 Å². The van der Waals surface area contributed by atoms with E-state index in [9.17, 15) is 10.1 Å². The quantitative estimate of drug-likeness (QED) is 0.550. The lowest BCUT2D eigenvalue weighted by Crippen LogP contribution is -2.16. The van der Waals surface area contributed by atoms with E-state index in [4.69, 9.17) is 5.11 Å². The second-order valence-corrected chi connectivity index (χ2v) is 2.86. The Hall–Kier alpha value is -1.69. The first-order valence-electron chi connectivity index (χ1n) is 4.12. The van der Waals surface area contributed by atoms with Crippen LogP contribution < -0.4 is 5.32 Å². The highest BCUT2D eigenvalue weighted by molar-refractivity contribution is 5.54. The molecular weight excluding hydrogens is 186 g/mol. The lowest BCUT2D eigenvalue weighted by molar-refractivity contribution is -0.384. The number of nitrogens with one attached hydrogen (secondary N) is 1. The van der Waals surface area contributed by atoms with Gasteiger partial charge in [0.2, 0.25) is 5.82 Å². The molecule has 2 N–H and O–H groups in total. The lowest BCUT2D eigenvalue weighted by Gasteiger charge is -2.06. The number of nitrogens with zero attached hydrogens (tertiary/aromatic N) is 2. The topological polar surface area (TPSA) is 88.3 Å². The van der Waals surface area contributed by atoms with Crippen LogP contribution in [0.2, 0.25) is 0 Å². The number of nitro groups is 1. The standard InChI is InChI=1S/C8H11N3O3/c1-6(12)5-10-8-7(11(13)14)3-2-4-9-8/h2-4,6,12H,5H2,1H3,(H,9,10)/t6-/m1/s1. The summed E-state index contributed by atoms with van der Waals surface area (Å²) < 4.78 is 0. The Kier molecular flexibility index (Phi) is 3.35. The van der Waals surface area contributed by atoms with Crippen molar-refractivity contribution in [1.29, 1.82) is 0 Å². The molecule has 1 aromatic heterocycles. The summed E-state index contributed by atoms with van der Waals surface area (Å²) in [5.74, 6) is 0.179. The summed E-state index contributed by atoms with van der Waals surface area (Å²) >= 11 is 0. The molecule has 0 amide bonds. The summed E-state index contributed by atoms with van der Waals surface area (Å²) in [6.07, 6.45) is 0.883. The van der Waals surface area contributed by atoms with Crippen molar-refractivity contribution in [3.8, 4) is 0 Å². The van der Waals surface area contributed by atoms with Crippen LogP contribution in [0.15, 0.2) is 18.3 Å². The van der Waals surface area contributed by atoms with Crippen molar-refractivity contribution in [2.24, 2.45) is 0 Å². The van der Waals surface area contributed by atoms with Crippen LogP contribution in [0.25, 0.3) is 0 Å². The maximum absolute atomic E-state index is 10.5. The highest BCUT2D eigenvalue weighted by atomic mass is 16.6. The van der Waals surface area contributed by atoms with E-state index in [-0.39, 0.29) is 18.1 Å². The molecule has 1 atom stereocenters. The zero-order valence-electron chi connectivity index (χ0n) is 7.67. The maximum atomic E-state index is 10.5. The Morgan fingerprint density at radius 1 is 1.79 bits per heavy atom. The Balaban J connectivity index is 2.79. The molecule has 0 aliphatic heterocycles. The predicted octanol–water partition coefficient (Wildman–Crippen LogP) is 0.782. The van der Waals surface area contributed by atoms with Gasteiger partial charge in [-0.05, 0) is 13.0 Å². The molecular formula is C8H11N3O3. The Bertz CT molecular complexity index is 327. The molecule has 1 aromatic rings. The SMILES string of the molecule is C[C@@H](O)CNc1ncccc1[N+](=O)[O-]. The number of aliphatic hydroxyl groups is 1. The first-order chi connectivity index (χ1) is 6.61. The minimum absolute atomic E-state index is 0.0897. The van der Waals surface area contributed by atoms with Crippen molar-refractivity contribution in [2.45, 2.75) is 13.0 Å². The second kappa shape index (κ2) is 4.52. The van der Waals surface area contributed by atoms with Crippen LogP contribution in [-0.4, -0.2) is 27.7 Å². The summed E-state index contributed by atoms with van der Waals surface area (Å²) in [6, 6.07) is 2.85. The van der Waals surface area contributed by atoms with E-state index in [0.717, 1.165) is 0 Å². The van der Waals surface area contributed by atoms with Crippen LogP contribution in [0.1, 0.15) is 6.92 Å². The van der Waals surface area contributed by atoms with Crippen LogP contribution >= 0.6 is 0 Å². The Morgan fingerprint density at radius 2 is 2.50 bits per heavy atom. The van der Waals surface area contributed by atoms with Gasteiger partial charge in [0.25, 0.3) is 0 Å². The minimum Gasteiger partial charge on any atom is -0.392 e. The minimum atomic E-state index is -0.573.